The molecule has 4 heteroatoms. The Labute approximate surface area is 65.8 Å². The number of alkyl halides is 3. The smallest absolute Gasteiger partial charge is 0.189 e. The lowest BCUT2D eigenvalue weighted by Crippen LogP contribution is -1.97. The molecule has 0 spiro atoms. The van der Waals surface area contributed by atoms with E-state index in [9.17, 15) is 8.78 Å². The molecule has 0 bridgehead atoms. The predicted octanol–water partition coefficient (Wildman–Crippen LogP) is 2.89. The van der Waals surface area contributed by atoms with Gasteiger partial charge in [-0.15, -0.1) is 0 Å². The van der Waals surface area contributed by atoms with Crippen molar-refractivity contribution in [2.75, 3.05) is 12.0 Å². The van der Waals surface area contributed by atoms with Gasteiger partial charge in [0.1, 0.15) is 0 Å². The van der Waals surface area contributed by atoms with Crippen LogP contribution in [0, 0.1) is 0 Å². The van der Waals surface area contributed by atoms with Crippen molar-refractivity contribution in [1.82, 2.24) is 0 Å². The Kier molecular flexibility index (Phi) is 4.48. The summed E-state index contributed by atoms with van der Waals surface area (Å²) in [4.78, 5) is -2.83. The zero-order valence-electron chi connectivity index (χ0n) is 4.90. The summed E-state index contributed by atoms with van der Waals surface area (Å²) in [5, 5.41) is 0. The molecule has 0 amide bonds. The third-order valence-corrected chi connectivity index (χ3v) is 1.36. The van der Waals surface area contributed by atoms with Crippen LogP contribution in [0.2, 0.25) is 0 Å². The van der Waals surface area contributed by atoms with Gasteiger partial charge < -0.3 is 0 Å². The molecule has 0 atom stereocenters. The van der Waals surface area contributed by atoms with Gasteiger partial charge in [-0.05, 0) is 28.3 Å². The maximum absolute atomic E-state index is 11.9. The molecule has 0 N–H and O–H groups in total. The second-order valence-electron chi connectivity index (χ2n) is 1.40. The van der Waals surface area contributed by atoms with Gasteiger partial charge in [-0.2, -0.15) is 20.5 Å². The van der Waals surface area contributed by atoms with Crippen molar-refractivity contribution in [2.24, 2.45) is 0 Å². The van der Waals surface area contributed by atoms with E-state index >= 15 is 0 Å². The van der Waals surface area contributed by atoms with E-state index in [-0.39, 0.29) is 0 Å². The first-order chi connectivity index (χ1) is 4.06. The Morgan fingerprint density at radius 2 is 2.22 bits per heavy atom. The highest BCUT2D eigenvalue weighted by atomic mass is 79.9. The normalized spacial score (nSPS) is 12.9. The van der Waals surface area contributed by atoms with Crippen LogP contribution in [0.4, 0.5) is 8.78 Å². The van der Waals surface area contributed by atoms with Crippen molar-refractivity contribution in [3.63, 3.8) is 0 Å². The van der Waals surface area contributed by atoms with E-state index in [0.29, 0.717) is 5.75 Å². The van der Waals surface area contributed by atoms with Gasteiger partial charge in [0.05, 0.1) is 0 Å². The number of hydrogen-bond donors (Lipinski definition) is 0. The van der Waals surface area contributed by atoms with Crippen LogP contribution < -0.4 is 0 Å². The number of hydrogen-bond acceptors (Lipinski definition) is 1. The van der Waals surface area contributed by atoms with E-state index in [1.165, 1.54) is 17.8 Å². The topological polar surface area (TPSA) is 0 Å². The van der Waals surface area contributed by atoms with Crippen molar-refractivity contribution in [3.05, 3.63) is 12.2 Å². The largest absolute Gasteiger partial charge is 0.319 e. The quantitative estimate of drug-likeness (QED) is 0.517. The minimum absolute atomic E-state index is 0.626. The van der Waals surface area contributed by atoms with Crippen LogP contribution in [0.25, 0.3) is 0 Å². The lowest BCUT2D eigenvalue weighted by Gasteiger charge is -1.97. The van der Waals surface area contributed by atoms with Crippen LogP contribution in [-0.2, 0) is 0 Å². The summed E-state index contributed by atoms with van der Waals surface area (Å²) in [7, 11) is 0. The van der Waals surface area contributed by atoms with Crippen LogP contribution in [-0.4, -0.2) is 16.8 Å². The first kappa shape index (κ1) is 9.43. The first-order valence-corrected chi connectivity index (χ1v) is 4.48. The molecule has 0 aromatic heterocycles. The molecule has 0 aromatic carbocycles. The first-order valence-electron chi connectivity index (χ1n) is 2.29. The molecule has 0 heterocycles. The molecular formula is C5H7BrF2S. The zero-order valence-corrected chi connectivity index (χ0v) is 7.31. The lowest BCUT2D eigenvalue weighted by molar-refractivity contribution is 0.171. The van der Waals surface area contributed by atoms with Gasteiger partial charge in [-0.1, -0.05) is 6.08 Å². The Bertz CT molecular complexity index is 97.6. The van der Waals surface area contributed by atoms with Gasteiger partial charge in [-0.3, -0.25) is 0 Å². The van der Waals surface area contributed by atoms with Gasteiger partial charge in [-0.25, -0.2) is 0 Å². The highest BCUT2D eigenvalue weighted by Gasteiger charge is 2.17. The molecule has 9 heavy (non-hydrogen) atoms. The Hall–Kier alpha value is 0.430. The van der Waals surface area contributed by atoms with Crippen LogP contribution in [0.1, 0.15) is 0 Å². The molecule has 0 fully saturated rings. The van der Waals surface area contributed by atoms with Gasteiger partial charge >= 0.3 is 4.83 Å². The van der Waals surface area contributed by atoms with Crippen molar-refractivity contribution < 1.29 is 8.78 Å². The summed E-state index contributed by atoms with van der Waals surface area (Å²) in [5.41, 5.74) is 0. The summed E-state index contributed by atoms with van der Waals surface area (Å²) >= 11 is 3.68. The van der Waals surface area contributed by atoms with Crippen molar-refractivity contribution >= 4 is 27.7 Å². The molecule has 0 aliphatic carbocycles. The summed E-state index contributed by atoms with van der Waals surface area (Å²) < 4.78 is 23.7. The molecule has 0 aliphatic rings. The van der Waals surface area contributed by atoms with Crippen molar-refractivity contribution in [3.8, 4) is 0 Å². The minimum atomic E-state index is -2.83. The van der Waals surface area contributed by atoms with Crippen LogP contribution in [0.5, 0.6) is 0 Å². The Morgan fingerprint density at radius 1 is 1.67 bits per heavy atom. The fourth-order valence-corrected chi connectivity index (χ4v) is 0.754. The number of halogens is 3. The molecule has 0 aliphatic heterocycles. The number of rotatable bonds is 3. The molecule has 0 saturated heterocycles. The summed E-state index contributed by atoms with van der Waals surface area (Å²) in [6.45, 7) is 0. The second-order valence-corrected chi connectivity index (χ2v) is 3.37. The molecule has 0 aromatic rings. The maximum atomic E-state index is 11.9. The molecule has 0 nitrogen and oxygen atoms in total. The SMILES string of the molecule is CSC/C=C/C(F)(F)Br. The molecule has 54 valence electrons. The number of allylic oxidation sites excluding steroid dienone is 1. The third kappa shape index (κ3) is 8.43. The Morgan fingerprint density at radius 3 is 2.56 bits per heavy atom. The Balaban J connectivity index is 3.45. The lowest BCUT2D eigenvalue weighted by atomic mass is 10.5. The average molecular weight is 217 g/mol. The van der Waals surface area contributed by atoms with Gasteiger partial charge in [0, 0.05) is 5.75 Å². The van der Waals surface area contributed by atoms with Crippen LogP contribution >= 0.6 is 27.7 Å². The minimum Gasteiger partial charge on any atom is -0.189 e. The molecule has 0 radical (unpaired) electrons. The summed E-state index contributed by atoms with van der Waals surface area (Å²) in [6.07, 6.45) is 4.12. The van der Waals surface area contributed by atoms with Crippen molar-refractivity contribution in [2.45, 2.75) is 4.83 Å². The van der Waals surface area contributed by atoms with E-state index < -0.39 is 4.83 Å². The zero-order chi connectivity index (χ0) is 7.33. The average Bonchev–Trinajstić information content (AvgIpc) is 1.63. The standard InChI is InChI=1S/C5H7BrF2S/c1-9-4-2-3-5(6,7)8/h2-3H,4H2,1H3/b3-2+. The van der Waals surface area contributed by atoms with Crippen LogP contribution in [0.3, 0.4) is 0 Å². The highest BCUT2D eigenvalue weighted by Crippen LogP contribution is 2.22. The predicted molar refractivity (Wildman–Crippen MR) is 41.4 cm³/mol. The van der Waals surface area contributed by atoms with Gasteiger partial charge in [0.25, 0.3) is 0 Å². The van der Waals surface area contributed by atoms with E-state index in [2.05, 4.69) is 15.9 Å². The van der Waals surface area contributed by atoms with Gasteiger partial charge in [0.15, 0.2) is 0 Å². The van der Waals surface area contributed by atoms with E-state index in [4.69, 9.17) is 0 Å². The third-order valence-electron chi connectivity index (χ3n) is 0.570. The fraction of sp³-hybridized carbons (Fsp3) is 0.600. The molecular weight excluding hydrogens is 210 g/mol. The molecule has 0 unspecified atom stereocenters. The van der Waals surface area contributed by atoms with Gasteiger partial charge in [0.2, 0.25) is 0 Å². The van der Waals surface area contributed by atoms with Crippen molar-refractivity contribution in [1.29, 1.82) is 0 Å². The maximum Gasteiger partial charge on any atom is 0.319 e. The number of thioether (sulfide) groups is 1. The highest BCUT2D eigenvalue weighted by molar-refractivity contribution is 9.10. The van der Waals surface area contributed by atoms with E-state index in [0.717, 1.165) is 6.08 Å². The molecule has 0 rings (SSSR count). The van der Waals surface area contributed by atoms with Crippen LogP contribution in [0.15, 0.2) is 12.2 Å². The summed E-state index contributed by atoms with van der Waals surface area (Å²) in [6, 6.07) is 0. The monoisotopic (exact) mass is 216 g/mol. The van der Waals surface area contributed by atoms with E-state index in [1.807, 2.05) is 6.26 Å². The molecule has 0 saturated carbocycles. The second kappa shape index (κ2) is 4.28. The summed E-state index contributed by atoms with van der Waals surface area (Å²) in [5.74, 6) is 0.626. The van der Waals surface area contributed by atoms with E-state index in [1.54, 1.807) is 0 Å². The fourth-order valence-electron chi connectivity index (χ4n) is 0.278.